The number of rotatable bonds is 4. The lowest BCUT2D eigenvalue weighted by Gasteiger charge is -2.07. The predicted octanol–water partition coefficient (Wildman–Crippen LogP) is 5.31. The largest absolute Gasteiger partial charge is 0.416 e. The standard InChI is InChI=1S/C19H15F3N2OS/c1-12-5-2-3-8-15(12)24-18(25)16-11-23-17(26-16)10-13-6-4-7-14(9-13)19(20,21)22/h2-9,11H,10H2,1H3,(H,24,25). The van der Waals surface area contributed by atoms with Crippen molar-refractivity contribution in [2.24, 2.45) is 0 Å². The second-order valence-corrected chi connectivity index (χ2v) is 6.88. The molecule has 0 radical (unpaired) electrons. The van der Waals surface area contributed by atoms with Crippen molar-refractivity contribution in [3.05, 3.63) is 81.3 Å². The molecule has 0 unspecified atom stereocenters. The lowest BCUT2D eigenvalue weighted by molar-refractivity contribution is -0.137. The van der Waals surface area contributed by atoms with Crippen LogP contribution in [0, 0.1) is 6.92 Å². The van der Waals surface area contributed by atoms with Gasteiger partial charge in [-0.05, 0) is 30.2 Å². The van der Waals surface area contributed by atoms with Crippen molar-refractivity contribution < 1.29 is 18.0 Å². The molecule has 3 nitrogen and oxygen atoms in total. The summed E-state index contributed by atoms with van der Waals surface area (Å²) in [6.45, 7) is 1.89. The first-order valence-corrected chi connectivity index (χ1v) is 8.62. The highest BCUT2D eigenvalue weighted by atomic mass is 32.1. The zero-order chi connectivity index (χ0) is 18.7. The minimum absolute atomic E-state index is 0.242. The van der Waals surface area contributed by atoms with Crippen LogP contribution in [0.2, 0.25) is 0 Å². The fraction of sp³-hybridized carbons (Fsp3) is 0.158. The molecule has 0 fully saturated rings. The third-order valence-electron chi connectivity index (χ3n) is 3.78. The SMILES string of the molecule is Cc1ccccc1NC(=O)c1cnc(Cc2cccc(C(F)(F)F)c2)s1. The molecule has 3 rings (SSSR count). The van der Waals surface area contributed by atoms with E-state index in [2.05, 4.69) is 10.3 Å². The van der Waals surface area contributed by atoms with E-state index >= 15 is 0 Å². The van der Waals surface area contributed by atoms with E-state index in [4.69, 9.17) is 0 Å². The average molecular weight is 376 g/mol. The van der Waals surface area contributed by atoms with E-state index in [9.17, 15) is 18.0 Å². The Bertz CT molecular complexity index is 934. The van der Waals surface area contributed by atoms with Gasteiger partial charge in [0.1, 0.15) is 4.88 Å². The normalized spacial score (nSPS) is 11.4. The average Bonchev–Trinajstić information content (AvgIpc) is 3.05. The molecule has 1 heterocycles. The fourth-order valence-corrected chi connectivity index (χ4v) is 3.27. The van der Waals surface area contributed by atoms with Crippen LogP contribution in [-0.2, 0) is 12.6 Å². The fourth-order valence-electron chi connectivity index (χ4n) is 2.43. The predicted molar refractivity (Wildman–Crippen MR) is 95.5 cm³/mol. The Kier molecular flexibility index (Phi) is 5.08. The Morgan fingerprint density at radius 1 is 1.15 bits per heavy atom. The Balaban J connectivity index is 1.72. The van der Waals surface area contributed by atoms with Crippen molar-refractivity contribution in [3.8, 4) is 0 Å². The maximum Gasteiger partial charge on any atom is 0.416 e. The van der Waals surface area contributed by atoms with Crippen LogP contribution in [0.4, 0.5) is 18.9 Å². The molecule has 0 aliphatic rings. The second kappa shape index (κ2) is 7.29. The number of aromatic nitrogens is 1. The van der Waals surface area contributed by atoms with Gasteiger partial charge in [-0.3, -0.25) is 4.79 Å². The number of hydrogen-bond acceptors (Lipinski definition) is 3. The van der Waals surface area contributed by atoms with E-state index in [1.54, 1.807) is 12.1 Å². The molecule has 1 N–H and O–H groups in total. The van der Waals surface area contributed by atoms with Gasteiger partial charge in [0.25, 0.3) is 5.91 Å². The van der Waals surface area contributed by atoms with Crippen molar-refractivity contribution in [2.45, 2.75) is 19.5 Å². The number of alkyl halides is 3. The number of aryl methyl sites for hydroxylation is 1. The molecule has 0 aliphatic heterocycles. The molecule has 134 valence electrons. The minimum Gasteiger partial charge on any atom is -0.321 e. The molecule has 26 heavy (non-hydrogen) atoms. The summed E-state index contributed by atoms with van der Waals surface area (Å²) in [4.78, 5) is 16.9. The van der Waals surface area contributed by atoms with Gasteiger partial charge in [-0.1, -0.05) is 36.4 Å². The van der Waals surface area contributed by atoms with Gasteiger partial charge in [0, 0.05) is 12.1 Å². The van der Waals surface area contributed by atoms with Crippen LogP contribution >= 0.6 is 11.3 Å². The second-order valence-electron chi connectivity index (χ2n) is 5.76. The molecule has 0 atom stereocenters. The van der Waals surface area contributed by atoms with Gasteiger partial charge in [-0.2, -0.15) is 13.2 Å². The van der Waals surface area contributed by atoms with Crippen LogP contribution in [0.5, 0.6) is 0 Å². The summed E-state index contributed by atoms with van der Waals surface area (Å²) < 4.78 is 38.4. The number of anilines is 1. The van der Waals surface area contributed by atoms with Crippen molar-refractivity contribution in [1.29, 1.82) is 0 Å². The summed E-state index contributed by atoms with van der Waals surface area (Å²) in [6, 6.07) is 12.5. The molecule has 0 aliphatic carbocycles. The Morgan fingerprint density at radius 2 is 1.92 bits per heavy atom. The number of benzene rings is 2. The summed E-state index contributed by atoms with van der Waals surface area (Å²) in [5, 5.41) is 3.40. The number of nitrogens with zero attached hydrogens (tertiary/aromatic N) is 1. The summed E-state index contributed by atoms with van der Waals surface area (Å²) in [6.07, 6.45) is -2.69. The van der Waals surface area contributed by atoms with E-state index < -0.39 is 11.7 Å². The summed E-state index contributed by atoms with van der Waals surface area (Å²) in [7, 11) is 0. The number of hydrogen-bond donors (Lipinski definition) is 1. The zero-order valence-corrected chi connectivity index (χ0v) is 14.6. The monoisotopic (exact) mass is 376 g/mol. The highest BCUT2D eigenvalue weighted by Crippen LogP contribution is 2.30. The lowest BCUT2D eigenvalue weighted by Crippen LogP contribution is -2.10. The van der Waals surface area contributed by atoms with E-state index in [0.717, 1.165) is 17.7 Å². The third-order valence-corrected chi connectivity index (χ3v) is 4.78. The number of para-hydroxylation sites is 1. The molecule has 1 aromatic heterocycles. The third kappa shape index (κ3) is 4.29. The highest BCUT2D eigenvalue weighted by molar-refractivity contribution is 7.13. The Morgan fingerprint density at radius 3 is 2.65 bits per heavy atom. The molecular weight excluding hydrogens is 361 g/mol. The Labute approximate surface area is 152 Å². The van der Waals surface area contributed by atoms with Gasteiger partial charge in [-0.25, -0.2) is 4.98 Å². The van der Waals surface area contributed by atoms with Gasteiger partial charge < -0.3 is 5.32 Å². The van der Waals surface area contributed by atoms with Gasteiger partial charge in [0.15, 0.2) is 0 Å². The zero-order valence-electron chi connectivity index (χ0n) is 13.8. The highest BCUT2D eigenvalue weighted by Gasteiger charge is 2.30. The van der Waals surface area contributed by atoms with Crippen LogP contribution in [0.3, 0.4) is 0 Å². The van der Waals surface area contributed by atoms with E-state index in [-0.39, 0.29) is 12.3 Å². The first-order chi connectivity index (χ1) is 12.3. The number of amides is 1. The van der Waals surface area contributed by atoms with E-state index in [1.807, 2.05) is 25.1 Å². The number of carbonyl (C=O) groups is 1. The number of thiazole rings is 1. The van der Waals surface area contributed by atoms with Crippen molar-refractivity contribution in [1.82, 2.24) is 4.98 Å². The molecule has 0 spiro atoms. The lowest BCUT2D eigenvalue weighted by atomic mass is 10.1. The molecule has 2 aromatic carbocycles. The van der Waals surface area contributed by atoms with E-state index in [0.29, 0.717) is 21.1 Å². The van der Waals surface area contributed by atoms with Gasteiger partial charge in [-0.15, -0.1) is 11.3 Å². The molecule has 3 aromatic rings. The smallest absolute Gasteiger partial charge is 0.321 e. The van der Waals surface area contributed by atoms with Crippen LogP contribution in [0.1, 0.15) is 31.4 Å². The van der Waals surface area contributed by atoms with Crippen LogP contribution in [-0.4, -0.2) is 10.9 Å². The molecule has 0 bridgehead atoms. The molecule has 0 saturated carbocycles. The summed E-state index contributed by atoms with van der Waals surface area (Å²) in [5.74, 6) is -0.285. The maximum atomic E-state index is 12.8. The van der Waals surface area contributed by atoms with Crippen molar-refractivity contribution in [3.63, 3.8) is 0 Å². The molecular formula is C19H15F3N2OS. The quantitative estimate of drug-likeness (QED) is 0.670. The number of nitrogens with one attached hydrogen (secondary N) is 1. The van der Waals surface area contributed by atoms with Gasteiger partial charge >= 0.3 is 6.18 Å². The van der Waals surface area contributed by atoms with Crippen LogP contribution in [0.15, 0.2) is 54.7 Å². The number of carbonyl (C=O) groups excluding carboxylic acids is 1. The number of halogens is 3. The molecule has 1 amide bonds. The molecule has 0 saturated heterocycles. The van der Waals surface area contributed by atoms with Gasteiger partial charge in [0.2, 0.25) is 0 Å². The molecule has 7 heteroatoms. The van der Waals surface area contributed by atoms with Gasteiger partial charge in [0.05, 0.1) is 16.8 Å². The maximum absolute atomic E-state index is 12.8. The van der Waals surface area contributed by atoms with Crippen molar-refractivity contribution >= 4 is 22.9 Å². The van der Waals surface area contributed by atoms with Crippen molar-refractivity contribution in [2.75, 3.05) is 5.32 Å². The summed E-state index contributed by atoms with van der Waals surface area (Å²) in [5.41, 5.74) is 1.46. The van der Waals surface area contributed by atoms with E-state index in [1.165, 1.54) is 23.6 Å². The van der Waals surface area contributed by atoms with Crippen LogP contribution in [0.25, 0.3) is 0 Å². The Hall–Kier alpha value is -2.67. The first kappa shape index (κ1) is 18.1. The first-order valence-electron chi connectivity index (χ1n) is 7.81. The summed E-state index contributed by atoms with van der Waals surface area (Å²) >= 11 is 1.17. The van der Waals surface area contributed by atoms with Crippen LogP contribution < -0.4 is 5.32 Å². The minimum atomic E-state index is -4.38. The topological polar surface area (TPSA) is 42.0 Å².